The van der Waals surface area contributed by atoms with E-state index >= 15 is 0 Å². The Bertz CT molecular complexity index is 1440. The Balaban J connectivity index is 1.43. The number of nitrogens with zero attached hydrogens (tertiary/aromatic N) is 2. The molecule has 6 atom stereocenters. The van der Waals surface area contributed by atoms with Gasteiger partial charge >= 0.3 is 5.97 Å². The Hall–Kier alpha value is -4.05. The Morgan fingerprint density at radius 3 is 2.45 bits per heavy atom. The fourth-order valence-corrected chi connectivity index (χ4v) is 7.45. The number of allylic oxidation sites excluding steroid dienone is 2. The molecular formula is C30H30N2O8. The number of carbonyl (C=O) groups is 5. The molecule has 40 heavy (non-hydrogen) atoms. The number of likely N-dealkylation sites (tertiary alicyclic amines) is 1. The zero-order valence-corrected chi connectivity index (χ0v) is 22.0. The predicted octanol–water partition coefficient (Wildman–Crippen LogP) is 2.87. The lowest BCUT2D eigenvalue weighted by Gasteiger charge is -2.48. The van der Waals surface area contributed by atoms with Crippen LogP contribution in [0.1, 0.15) is 50.0 Å². The van der Waals surface area contributed by atoms with Crippen LogP contribution in [0.5, 0.6) is 0 Å². The average Bonchev–Trinajstić information content (AvgIpc) is 3.56. The highest BCUT2D eigenvalue weighted by Crippen LogP contribution is 2.63. The maximum atomic E-state index is 14.2. The first kappa shape index (κ1) is 26.2. The normalized spacial score (nSPS) is 31.2. The molecule has 0 spiro atoms. The van der Waals surface area contributed by atoms with Crippen molar-refractivity contribution in [1.29, 1.82) is 0 Å². The van der Waals surface area contributed by atoms with Crippen molar-refractivity contribution in [3.05, 3.63) is 65.6 Å². The molecule has 2 aliphatic carbocycles. The SMILES string of the molecule is C[C@@]12C(=O)N(c3ccccc3)C(=O)[C@@H]1C[C@@H]1C(=CC[C@@H]3C(=O)N(CCCC(=O)O)C(=O)[C@@H]31)[C@@H]2c1ccc(CO)o1. The summed E-state index contributed by atoms with van der Waals surface area (Å²) in [7, 11) is 0. The molecule has 1 saturated carbocycles. The Morgan fingerprint density at radius 1 is 1.02 bits per heavy atom. The molecule has 0 radical (unpaired) electrons. The summed E-state index contributed by atoms with van der Waals surface area (Å²) in [5.41, 5.74) is 0.0526. The van der Waals surface area contributed by atoms with Crippen LogP contribution in [0.3, 0.4) is 0 Å². The predicted molar refractivity (Wildman–Crippen MR) is 139 cm³/mol. The summed E-state index contributed by atoms with van der Waals surface area (Å²) < 4.78 is 5.98. The molecule has 2 saturated heterocycles. The van der Waals surface area contributed by atoms with Gasteiger partial charge in [-0.05, 0) is 56.4 Å². The number of carboxylic acid groups (broad SMARTS) is 1. The van der Waals surface area contributed by atoms with E-state index in [-0.39, 0.29) is 56.0 Å². The number of aliphatic hydroxyl groups is 1. The van der Waals surface area contributed by atoms with E-state index in [1.54, 1.807) is 49.4 Å². The second kappa shape index (κ2) is 9.55. The highest BCUT2D eigenvalue weighted by atomic mass is 16.4. The van der Waals surface area contributed by atoms with Crippen LogP contribution in [-0.2, 0) is 30.6 Å². The van der Waals surface area contributed by atoms with Crippen LogP contribution in [0, 0.1) is 29.1 Å². The quantitative estimate of drug-likeness (QED) is 0.398. The lowest BCUT2D eigenvalue weighted by atomic mass is 9.52. The molecule has 4 aliphatic rings. The van der Waals surface area contributed by atoms with E-state index in [0.29, 0.717) is 23.6 Å². The van der Waals surface area contributed by atoms with E-state index in [4.69, 9.17) is 9.52 Å². The third kappa shape index (κ3) is 3.69. The van der Waals surface area contributed by atoms with Crippen LogP contribution >= 0.6 is 0 Å². The summed E-state index contributed by atoms with van der Waals surface area (Å²) in [6.45, 7) is 1.47. The van der Waals surface area contributed by atoms with Gasteiger partial charge in [0.25, 0.3) is 0 Å². The number of aliphatic hydroxyl groups excluding tert-OH is 1. The van der Waals surface area contributed by atoms with Crippen molar-refractivity contribution in [3.63, 3.8) is 0 Å². The van der Waals surface area contributed by atoms with Crippen LogP contribution < -0.4 is 4.90 Å². The number of para-hydroxylation sites is 1. The number of imide groups is 2. The lowest BCUT2D eigenvalue weighted by molar-refractivity contribution is -0.142. The number of rotatable bonds is 7. The van der Waals surface area contributed by atoms with Gasteiger partial charge in [-0.1, -0.05) is 29.8 Å². The van der Waals surface area contributed by atoms with Crippen LogP contribution in [-0.4, -0.2) is 51.3 Å². The second-order valence-corrected chi connectivity index (χ2v) is 11.3. The maximum absolute atomic E-state index is 14.2. The Kier molecular flexibility index (Phi) is 6.25. The molecule has 10 nitrogen and oxygen atoms in total. The number of furan rings is 1. The van der Waals surface area contributed by atoms with Crippen molar-refractivity contribution in [2.75, 3.05) is 11.4 Å². The van der Waals surface area contributed by atoms with Crippen molar-refractivity contribution < 1.29 is 38.6 Å². The summed E-state index contributed by atoms with van der Waals surface area (Å²) in [6, 6.07) is 12.1. The minimum Gasteiger partial charge on any atom is -0.481 e. The minimum atomic E-state index is -1.21. The third-order valence-electron chi connectivity index (χ3n) is 9.28. The second-order valence-electron chi connectivity index (χ2n) is 11.3. The number of hydrogen-bond donors (Lipinski definition) is 2. The first-order valence-electron chi connectivity index (χ1n) is 13.6. The van der Waals surface area contributed by atoms with Crippen LogP contribution in [0.4, 0.5) is 5.69 Å². The standard InChI is InChI=1S/C30H30N2O8/c1-30-21(27(37)32(29(30)39)16-6-3-2-4-7-16)14-20-18(25(30)22-12-9-17(15-33)40-22)10-11-19-24(20)28(38)31(26(19)36)13-5-8-23(34)35/h2-4,6-7,9-10,12,19-21,24-25,33H,5,8,11,13-15H2,1H3,(H,34,35)/t19-,20+,21-,24-,25+,30+/m0/s1. The number of aliphatic carboxylic acids is 1. The highest BCUT2D eigenvalue weighted by molar-refractivity contribution is 6.24. The van der Waals surface area contributed by atoms with Crippen molar-refractivity contribution in [1.82, 2.24) is 4.90 Å². The molecular weight excluding hydrogens is 516 g/mol. The lowest BCUT2D eigenvalue weighted by Crippen LogP contribution is -2.48. The van der Waals surface area contributed by atoms with Crippen molar-refractivity contribution >= 4 is 35.3 Å². The molecule has 0 bridgehead atoms. The zero-order chi connectivity index (χ0) is 28.3. The molecule has 3 heterocycles. The molecule has 4 amide bonds. The zero-order valence-electron chi connectivity index (χ0n) is 22.0. The number of carboxylic acids is 1. The van der Waals surface area contributed by atoms with Gasteiger partial charge in [0.2, 0.25) is 23.6 Å². The molecule has 208 valence electrons. The van der Waals surface area contributed by atoms with E-state index in [0.717, 1.165) is 5.57 Å². The monoisotopic (exact) mass is 546 g/mol. The highest BCUT2D eigenvalue weighted by Gasteiger charge is 2.68. The van der Waals surface area contributed by atoms with Crippen LogP contribution in [0.25, 0.3) is 0 Å². The van der Waals surface area contributed by atoms with E-state index in [1.165, 1.54) is 9.80 Å². The summed E-state index contributed by atoms with van der Waals surface area (Å²) in [4.78, 5) is 68.5. The molecule has 3 fully saturated rings. The number of hydrogen-bond acceptors (Lipinski definition) is 7. The van der Waals surface area contributed by atoms with Gasteiger partial charge in [-0.25, -0.2) is 4.90 Å². The first-order valence-corrected chi connectivity index (χ1v) is 13.6. The largest absolute Gasteiger partial charge is 0.481 e. The van der Waals surface area contributed by atoms with Crippen molar-refractivity contribution in [2.24, 2.45) is 29.1 Å². The van der Waals surface area contributed by atoms with Gasteiger partial charge in [-0.3, -0.25) is 28.9 Å². The summed E-state index contributed by atoms with van der Waals surface area (Å²) in [6.07, 6.45) is 2.46. The van der Waals surface area contributed by atoms with Crippen molar-refractivity contribution in [3.8, 4) is 0 Å². The molecule has 0 unspecified atom stereocenters. The van der Waals surface area contributed by atoms with Gasteiger partial charge in [0.1, 0.15) is 18.1 Å². The fourth-order valence-electron chi connectivity index (χ4n) is 7.45. The third-order valence-corrected chi connectivity index (χ3v) is 9.28. The van der Waals surface area contributed by atoms with Gasteiger partial charge in [0.15, 0.2) is 0 Å². The molecule has 6 rings (SSSR count). The molecule has 2 aromatic rings. The van der Waals surface area contributed by atoms with Gasteiger partial charge in [0, 0.05) is 13.0 Å². The number of amides is 4. The first-order chi connectivity index (χ1) is 19.2. The fraction of sp³-hybridized carbons (Fsp3) is 0.433. The summed E-state index contributed by atoms with van der Waals surface area (Å²) in [5.74, 6) is -4.85. The summed E-state index contributed by atoms with van der Waals surface area (Å²) >= 11 is 0. The summed E-state index contributed by atoms with van der Waals surface area (Å²) in [5, 5.41) is 18.7. The van der Waals surface area contributed by atoms with Crippen LogP contribution in [0.2, 0.25) is 0 Å². The van der Waals surface area contributed by atoms with Gasteiger partial charge in [-0.2, -0.15) is 0 Å². The molecule has 1 aromatic heterocycles. The molecule has 2 N–H and O–H groups in total. The van der Waals surface area contributed by atoms with Gasteiger partial charge in [-0.15, -0.1) is 0 Å². The van der Waals surface area contributed by atoms with E-state index in [1.807, 2.05) is 6.08 Å². The number of anilines is 1. The number of fused-ring (bicyclic) bond motifs is 4. The van der Waals surface area contributed by atoms with E-state index in [9.17, 15) is 29.1 Å². The number of benzene rings is 1. The minimum absolute atomic E-state index is 0.0286. The smallest absolute Gasteiger partial charge is 0.303 e. The number of carbonyl (C=O) groups excluding carboxylic acids is 4. The van der Waals surface area contributed by atoms with E-state index in [2.05, 4.69) is 0 Å². The average molecular weight is 547 g/mol. The molecule has 1 aromatic carbocycles. The van der Waals surface area contributed by atoms with Crippen LogP contribution in [0.15, 0.2) is 58.5 Å². The molecule has 2 aliphatic heterocycles. The topological polar surface area (TPSA) is 145 Å². The Morgan fingerprint density at radius 2 is 1.77 bits per heavy atom. The van der Waals surface area contributed by atoms with Gasteiger partial charge in [0.05, 0.1) is 34.8 Å². The molecule has 10 heteroatoms. The van der Waals surface area contributed by atoms with Crippen molar-refractivity contribution in [2.45, 2.75) is 45.1 Å². The Labute approximate surface area is 230 Å². The van der Waals surface area contributed by atoms with Gasteiger partial charge < -0.3 is 14.6 Å². The maximum Gasteiger partial charge on any atom is 0.303 e. The van der Waals surface area contributed by atoms with E-state index < -0.39 is 41.0 Å².